The number of aromatic nitrogens is 1. The smallest absolute Gasteiger partial charge is 0.306 e. The van der Waals surface area contributed by atoms with Crippen LogP contribution in [0.4, 0.5) is 5.00 Å². The number of ether oxygens (including phenoxy) is 1. The molecule has 0 aliphatic rings. The van der Waals surface area contributed by atoms with Crippen molar-refractivity contribution in [2.24, 2.45) is 0 Å². The van der Waals surface area contributed by atoms with E-state index in [0.29, 0.717) is 17.0 Å². The van der Waals surface area contributed by atoms with Gasteiger partial charge in [-0.1, -0.05) is 12.1 Å². The quantitative estimate of drug-likeness (QED) is 0.671. The van der Waals surface area contributed by atoms with E-state index in [4.69, 9.17) is 10.00 Å². The third-order valence-electron chi connectivity index (χ3n) is 3.28. The molecular formula is C17H13N3O3S2. The number of benzene rings is 1. The van der Waals surface area contributed by atoms with Gasteiger partial charge in [-0.15, -0.1) is 22.7 Å². The topological polar surface area (TPSA) is 92.1 Å². The summed E-state index contributed by atoms with van der Waals surface area (Å²) in [5.41, 5.74) is 1.31. The van der Waals surface area contributed by atoms with E-state index in [0.717, 1.165) is 15.2 Å². The molecule has 3 aromatic rings. The molecule has 0 atom stereocenters. The van der Waals surface area contributed by atoms with Crippen molar-refractivity contribution in [3.8, 4) is 6.07 Å². The number of nitriles is 1. The number of rotatable bonds is 6. The SMILES string of the molecule is N#Cc1ccsc1NC(=O)COC(=O)CCc1nc2ccccc2s1. The zero-order valence-corrected chi connectivity index (χ0v) is 14.7. The van der Waals surface area contributed by atoms with Crippen LogP contribution in [0.3, 0.4) is 0 Å². The fourth-order valence-corrected chi connectivity index (χ4v) is 3.83. The van der Waals surface area contributed by atoms with E-state index in [1.54, 1.807) is 22.8 Å². The molecule has 2 aromatic heterocycles. The van der Waals surface area contributed by atoms with Gasteiger partial charge in [0.05, 0.1) is 27.2 Å². The lowest BCUT2D eigenvalue weighted by atomic mass is 10.3. The van der Waals surface area contributed by atoms with Crippen molar-refractivity contribution < 1.29 is 14.3 Å². The predicted molar refractivity (Wildman–Crippen MR) is 96.6 cm³/mol. The van der Waals surface area contributed by atoms with Crippen LogP contribution in [0, 0.1) is 11.3 Å². The Hall–Kier alpha value is -2.76. The Labute approximate surface area is 151 Å². The maximum atomic E-state index is 11.8. The Bertz CT molecular complexity index is 922. The number of para-hydroxylation sites is 1. The summed E-state index contributed by atoms with van der Waals surface area (Å²) < 4.78 is 6.05. The molecule has 0 fully saturated rings. The molecule has 1 aromatic carbocycles. The molecule has 0 saturated carbocycles. The van der Waals surface area contributed by atoms with Crippen molar-refractivity contribution in [1.29, 1.82) is 5.26 Å². The first-order valence-corrected chi connectivity index (χ1v) is 9.13. The number of amides is 1. The highest BCUT2D eigenvalue weighted by Crippen LogP contribution is 2.23. The minimum atomic E-state index is -0.465. The van der Waals surface area contributed by atoms with Crippen LogP contribution in [0.1, 0.15) is 17.0 Å². The number of thiophene rings is 1. The van der Waals surface area contributed by atoms with Crippen molar-refractivity contribution in [2.45, 2.75) is 12.8 Å². The van der Waals surface area contributed by atoms with Crippen molar-refractivity contribution in [3.05, 3.63) is 46.3 Å². The van der Waals surface area contributed by atoms with E-state index in [-0.39, 0.29) is 13.0 Å². The van der Waals surface area contributed by atoms with Crippen LogP contribution < -0.4 is 5.32 Å². The van der Waals surface area contributed by atoms with Gasteiger partial charge in [-0.05, 0) is 23.6 Å². The summed E-state index contributed by atoms with van der Waals surface area (Å²) in [6, 6.07) is 11.4. The molecule has 0 unspecified atom stereocenters. The summed E-state index contributed by atoms with van der Waals surface area (Å²) in [5.74, 6) is -0.923. The number of thiazole rings is 1. The highest BCUT2D eigenvalue weighted by molar-refractivity contribution is 7.18. The number of fused-ring (bicyclic) bond motifs is 1. The zero-order chi connectivity index (χ0) is 17.6. The lowest BCUT2D eigenvalue weighted by molar-refractivity contribution is -0.147. The number of hydrogen-bond donors (Lipinski definition) is 1. The predicted octanol–water partition coefficient (Wildman–Crippen LogP) is 3.34. The van der Waals surface area contributed by atoms with E-state index >= 15 is 0 Å². The Balaban J connectivity index is 1.45. The standard InChI is InChI=1S/C17H13N3O3S2/c18-9-11-7-8-24-17(11)20-14(21)10-23-16(22)6-5-15-19-12-3-1-2-4-13(12)25-15/h1-4,7-8H,5-6,10H2,(H,20,21). The first-order valence-electron chi connectivity index (χ1n) is 7.43. The number of aryl methyl sites for hydroxylation is 1. The number of esters is 1. The second-order valence-electron chi connectivity index (χ2n) is 5.06. The van der Waals surface area contributed by atoms with E-state index < -0.39 is 11.9 Å². The first kappa shape index (κ1) is 17.1. The minimum absolute atomic E-state index is 0.162. The highest BCUT2D eigenvalue weighted by atomic mass is 32.1. The summed E-state index contributed by atoms with van der Waals surface area (Å²) >= 11 is 2.79. The number of hydrogen-bond acceptors (Lipinski definition) is 7. The van der Waals surface area contributed by atoms with Gasteiger partial charge < -0.3 is 10.1 Å². The van der Waals surface area contributed by atoms with Gasteiger partial charge in [0, 0.05) is 6.42 Å². The van der Waals surface area contributed by atoms with Gasteiger partial charge in [0.2, 0.25) is 0 Å². The van der Waals surface area contributed by atoms with Crippen molar-refractivity contribution in [2.75, 3.05) is 11.9 Å². The molecule has 0 aliphatic heterocycles. The molecule has 126 valence electrons. The molecule has 25 heavy (non-hydrogen) atoms. The summed E-state index contributed by atoms with van der Waals surface area (Å²) in [6.07, 6.45) is 0.638. The average molecular weight is 371 g/mol. The van der Waals surface area contributed by atoms with Gasteiger partial charge in [-0.25, -0.2) is 4.98 Å². The highest BCUT2D eigenvalue weighted by Gasteiger charge is 2.12. The molecule has 2 heterocycles. The first-order chi connectivity index (χ1) is 12.2. The fourth-order valence-electron chi connectivity index (χ4n) is 2.11. The fraction of sp³-hybridized carbons (Fsp3) is 0.176. The maximum Gasteiger partial charge on any atom is 0.306 e. The van der Waals surface area contributed by atoms with E-state index in [2.05, 4.69) is 10.3 Å². The van der Waals surface area contributed by atoms with Gasteiger partial charge in [0.25, 0.3) is 5.91 Å². The maximum absolute atomic E-state index is 11.8. The number of carbonyl (C=O) groups is 2. The van der Waals surface area contributed by atoms with Crippen LogP contribution >= 0.6 is 22.7 Å². The van der Waals surface area contributed by atoms with Crippen molar-refractivity contribution in [3.63, 3.8) is 0 Å². The van der Waals surface area contributed by atoms with Crippen molar-refractivity contribution in [1.82, 2.24) is 4.98 Å². The second-order valence-corrected chi connectivity index (χ2v) is 7.09. The van der Waals surface area contributed by atoms with E-state index in [1.165, 1.54) is 11.3 Å². The van der Waals surface area contributed by atoms with Gasteiger partial charge in [0.1, 0.15) is 11.1 Å². The van der Waals surface area contributed by atoms with Gasteiger partial charge in [0.15, 0.2) is 6.61 Å². The third kappa shape index (κ3) is 4.41. The molecule has 8 heteroatoms. The Morgan fingerprint density at radius 2 is 2.12 bits per heavy atom. The van der Waals surface area contributed by atoms with Crippen LogP contribution in [0.25, 0.3) is 10.2 Å². The lowest BCUT2D eigenvalue weighted by Gasteiger charge is -2.05. The molecule has 1 amide bonds. The largest absolute Gasteiger partial charge is 0.456 e. The van der Waals surface area contributed by atoms with E-state index in [1.807, 2.05) is 30.3 Å². The summed E-state index contributed by atoms with van der Waals surface area (Å²) in [6.45, 7) is -0.374. The Morgan fingerprint density at radius 3 is 2.92 bits per heavy atom. The summed E-state index contributed by atoms with van der Waals surface area (Å²) in [7, 11) is 0. The number of nitrogens with zero attached hydrogens (tertiary/aromatic N) is 2. The Kier molecular flexibility index (Phi) is 5.38. The number of carbonyl (C=O) groups excluding carboxylic acids is 2. The Morgan fingerprint density at radius 1 is 1.28 bits per heavy atom. The number of nitrogens with one attached hydrogen (secondary N) is 1. The molecule has 0 spiro atoms. The van der Waals surface area contributed by atoms with Crippen LogP contribution in [0.2, 0.25) is 0 Å². The summed E-state index contributed by atoms with van der Waals surface area (Å²) in [4.78, 5) is 28.0. The van der Waals surface area contributed by atoms with Gasteiger partial charge in [-0.2, -0.15) is 5.26 Å². The van der Waals surface area contributed by atoms with Crippen LogP contribution in [0.15, 0.2) is 35.7 Å². The molecule has 6 nitrogen and oxygen atoms in total. The molecule has 0 radical (unpaired) electrons. The van der Waals surface area contributed by atoms with Gasteiger partial charge >= 0.3 is 5.97 Å². The van der Waals surface area contributed by atoms with Crippen LogP contribution in [0.5, 0.6) is 0 Å². The second kappa shape index (κ2) is 7.88. The van der Waals surface area contributed by atoms with Gasteiger partial charge in [-0.3, -0.25) is 9.59 Å². The molecule has 3 rings (SSSR count). The third-order valence-corrected chi connectivity index (χ3v) is 5.21. The average Bonchev–Trinajstić information content (AvgIpc) is 3.23. The van der Waals surface area contributed by atoms with Crippen LogP contribution in [-0.2, 0) is 20.7 Å². The molecule has 0 bridgehead atoms. The normalized spacial score (nSPS) is 10.4. The number of anilines is 1. The molecule has 0 aliphatic carbocycles. The monoisotopic (exact) mass is 371 g/mol. The summed E-state index contributed by atoms with van der Waals surface area (Å²) in [5, 5.41) is 14.5. The molecule has 0 saturated heterocycles. The molecular weight excluding hydrogens is 358 g/mol. The van der Waals surface area contributed by atoms with E-state index in [9.17, 15) is 9.59 Å². The lowest BCUT2D eigenvalue weighted by Crippen LogP contribution is -2.20. The zero-order valence-electron chi connectivity index (χ0n) is 13.0. The van der Waals surface area contributed by atoms with Crippen LogP contribution in [-0.4, -0.2) is 23.5 Å². The molecule has 1 N–H and O–H groups in total. The minimum Gasteiger partial charge on any atom is -0.456 e. The van der Waals surface area contributed by atoms with Crippen molar-refractivity contribution >= 4 is 49.8 Å².